The summed E-state index contributed by atoms with van der Waals surface area (Å²) in [6.07, 6.45) is 2.28. The average Bonchev–Trinajstić information content (AvgIpc) is 2.33. The fourth-order valence-corrected chi connectivity index (χ4v) is 2.91. The van der Waals surface area contributed by atoms with Crippen molar-refractivity contribution in [3.05, 3.63) is 28.2 Å². The van der Waals surface area contributed by atoms with Crippen LogP contribution in [0.3, 0.4) is 0 Å². The second-order valence-electron chi connectivity index (χ2n) is 4.63. The van der Waals surface area contributed by atoms with E-state index in [1.54, 1.807) is 0 Å². The Morgan fingerprint density at radius 1 is 1.35 bits per heavy atom. The molecule has 1 aliphatic heterocycles. The summed E-state index contributed by atoms with van der Waals surface area (Å²) in [5, 5.41) is 4.65. The molecule has 0 spiro atoms. The van der Waals surface area contributed by atoms with E-state index in [1.807, 2.05) is 25.2 Å². The lowest BCUT2D eigenvalue weighted by molar-refractivity contribution is 0.387. The van der Waals surface area contributed by atoms with Gasteiger partial charge in [0, 0.05) is 18.6 Å². The van der Waals surface area contributed by atoms with Crippen LogP contribution in [-0.2, 0) is 0 Å². The molecule has 94 valence electrons. The highest BCUT2D eigenvalue weighted by molar-refractivity contribution is 6.43. The lowest BCUT2D eigenvalue weighted by Gasteiger charge is -2.39. The van der Waals surface area contributed by atoms with Crippen LogP contribution in [0.4, 0.5) is 5.69 Å². The van der Waals surface area contributed by atoms with Gasteiger partial charge in [-0.25, -0.2) is 0 Å². The summed E-state index contributed by atoms with van der Waals surface area (Å²) in [5.41, 5.74) is 1.06. The third-order valence-electron chi connectivity index (χ3n) is 3.53. The summed E-state index contributed by atoms with van der Waals surface area (Å²) < 4.78 is 0. The van der Waals surface area contributed by atoms with Crippen LogP contribution >= 0.6 is 23.2 Å². The van der Waals surface area contributed by atoms with E-state index in [9.17, 15) is 0 Å². The zero-order valence-electron chi connectivity index (χ0n) is 10.2. The standard InChI is InChI=1S/C13H18Cl2N2/c1-9-8-10(16-2)6-7-17(9)12-5-3-4-11(14)13(12)15/h3-5,9-10,16H,6-8H2,1-2H3. The molecule has 1 heterocycles. The van der Waals surface area contributed by atoms with Gasteiger partial charge in [0.05, 0.1) is 15.7 Å². The Labute approximate surface area is 113 Å². The van der Waals surface area contributed by atoms with Crippen molar-refractivity contribution in [2.24, 2.45) is 0 Å². The van der Waals surface area contributed by atoms with Crippen LogP contribution < -0.4 is 10.2 Å². The molecule has 0 bridgehead atoms. The van der Waals surface area contributed by atoms with Crippen molar-refractivity contribution in [2.75, 3.05) is 18.5 Å². The summed E-state index contributed by atoms with van der Waals surface area (Å²) in [5.74, 6) is 0. The predicted molar refractivity (Wildman–Crippen MR) is 75.4 cm³/mol. The largest absolute Gasteiger partial charge is 0.367 e. The highest BCUT2D eigenvalue weighted by Crippen LogP contribution is 2.35. The van der Waals surface area contributed by atoms with Crippen LogP contribution in [0.2, 0.25) is 10.0 Å². The minimum atomic E-state index is 0.483. The van der Waals surface area contributed by atoms with Gasteiger partial charge in [0.15, 0.2) is 0 Å². The molecule has 1 fully saturated rings. The number of benzene rings is 1. The summed E-state index contributed by atoms with van der Waals surface area (Å²) in [6, 6.07) is 6.93. The molecule has 1 aromatic rings. The topological polar surface area (TPSA) is 15.3 Å². The number of hydrogen-bond donors (Lipinski definition) is 1. The fraction of sp³-hybridized carbons (Fsp3) is 0.538. The van der Waals surface area contributed by atoms with E-state index in [0.717, 1.165) is 25.1 Å². The first-order valence-corrected chi connectivity index (χ1v) is 6.77. The molecule has 0 saturated carbocycles. The number of nitrogens with zero attached hydrogens (tertiary/aromatic N) is 1. The number of nitrogens with one attached hydrogen (secondary N) is 1. The number of piperidine rings is 1. The Bertz CT molecular complexity index is 395. The van der Waals surface area contributed by atoms with E-state index in [2.05, 4.69) is 17.1 Å². The second-order valence-corrected chi connectivity index (χ2v) is 5.41. The van der Waals surface area contributed by atoms with Gasteiger partial charge in [0.25, 0.3) is 0 Å². The zero-order chi connectivity index (χ0) is 12.4. The molecule has 1 N–H and O–H groups in total. The summed E-state index contributed by atoms with van der Waals surface area (Å²) in [6.45, 7) is 3.26. The van der Waals surface area contributed by atoms with Crippen LogP contribution in [-0.4, -0.2) is 25.7 Å². The lowest BCUT2D eigenvalue weighted by Crippen LogP contribution is -2.46. The third-order valence-corrected chi connectivity index (χ3v) is 4.33. The van der Waals surface area contributed by atoms with Crippen LogP contribution in [0.1, 0.15) is 19.8 Å². The first-order chi connectivity index (χ1) is 8.13. The minimum absolute atomic E-state index is 0.483. The number of hydrogen-bond acceptors (Lipinski definition) is 2. The molecule has 1 aromatic carbocycles. The van der Waals surface area contributed by atoms with Gasteiger partial charge in [-0.15, -0.1) is 0 Å². The van der Waals surface area contributed by atoms with Crippen molar-refractivity contribution in [3.63, 3.8) is 0 Å². The van der Waals surface area contributed by atoms with Crippen molar-refractivity contribution in [1.82, 2.24) is 5.32 Å². The lowest BCUT2D eigenvalue weighted by atomic mass is 9.98. The molecule has 2 nitrogen and oxygen atoms in total. The highest BCUT2D eigenvalue weighted by Gasteiger charge is 2.26. The van der Waals surface area contributed by atoms with E-state index in [1.165, 1.54) is 0 Å². The summed E-state index contributed by atoms with van der Waals surface area (Å²) in [7, 11) is 2.03. The fourth-order valence-electron chi connectivity index (χ4n) is 2.51. The smallest absolute Gasteiger partial charge is 0.0825 e. The first kappa shape index (κ1) is 13.0. The van der Waals surface area contributed by atoms with E-state index in [4.69, 9.17) is 23.2 Å². The molecular weight excluding hydrogens is 255 g/mol. The van der Waals surface area contributed by atoms with E-state index in [-0.39, 0.29) is 0 Å². The molecular formula is C13H18Cl2N2. The Morgan fingerprint density at radius 3 is 2.76 bits per heavy atom. The molecule has 0 amide bonds. The van der Waals surface area contributed by atoms with Crippen LogP contribution in [0.15, 0.2) is 18.2 Å². The summed E-state index contributed by atoms with van der Waals surface area (Å²) >= 11 is 12.3. The Kier molecular flexibility index (Phi) is 4.18. The maximum absolute atomic E-state index is 6.27. The van der Waals surface area contributed by atoms with Gasteiger partial charge in [-0.1, -0.05) is 29.3 Å². The number of rotatable bonds is 2. The van der Waals surface area contributed by atoms with Gasteiger partial charge >= 0.3 is 0 Å². The van der Waals surface area contributed by atoms with Crippen molar-refractivity contribution in [1.29, 1.82) is 0 Å². The average molecular weight is 273 g/mol. The Balaban J connectivity index is 2.20. The Morgan fingerprint density at radius 2 is 2.12 bits per heavy atom. The molecule has 17 heavy (non-hydrogen) atoms. The monoisotopic (exact) mass is 272 g/mol. The van der Waals surface area contributed by atoms with Gasteiger partial charge in [0.1, 0.15) is 0 Å². The van der Waals surface area contributed by atoms with Gasteiger partial charge in [-0.05, 0) is 38.9 Å². The van der Waals surface area contributed by atoms with Crippen molar-refractivity contribution >= 4 is 28.9 Å². The van der Waals surface area contributed by atoms with Gasteiger partial charge in [-0.3, -0.25) is 0 Å². The van der Waals surface area contributed by atoms with Crippen molar-refractivity contribution in [2.45, 2.75) is 31.8 Å². The maximum atomic E-state index is 6.27. The molecule has 1 saturated heterocycles. The van der Waals surface area contributed by atoms with Gasteiger partial charge < -0.3 is 10.2 Å². The molecule has 4 heteroatoms. The molecule has 2 unspecified atom stereocenters. The van der Waals surface area contributed by atoms with Gasteiger partial charge in [-0.2, -0.15) is 0 Å². The van der Waals surface area contributed by atoms with Gasteiger partial charge in [0.2, 0.25) is 0 Å². The van der Waals surface area contributed by atoms with E-state index < -0.39 is 0 Å². The molecule has 0 aromatic heterocycles. The number of anilines is 1. The van der Waals surface area contributed by atoms with Crippen LogP contribution in [0, 0.1) is 0 Å². The van der Waals surface area contributed by atoms with E-state index in [0.29, 0.717) is 22.1 Å². The minimum Gasteiger partial charge on any atom is -0.367 e. The molecule has 2 rings (SSSR count). The number of halogens is 2. The summed E-state index contributed by atoms with van der Waals surface area (Å²) in [4.78, 5) is 2.35. The maximum Gasteiger partial charge on any atom is 0.0825 e. The third kappa shape index (κ3) is 2.70. The molecule has 0 radical (unpaired) electrons. The van der Waals surface area contributed by atoms with Crippen LogP contribution in [0.25, 0.3) is 0 Å². The normalized spacial score (nSPS) is 25.1. The highest BCUT2D eigenvalue weighted by atomic mass is 35.5. The zero-order valence-corrected chi connectivity index (χ0v) is 11.7. The van der Waals surface area contributed by atoms with E-state index >= 15 is 0 Å². The molecule has 2 atom stereocenters. The Hall–Kier alpha value is -0.440. The second kappa shape index (κ2) is 5.47. The van der Waals surface area contributed by atoms with Crippen molar-refractivity contribution < 1.29 is 0 Å². The predicted octanol–water partition coefficient (Wildman–Crippen LogP) is 3.57. The first-order valence-electron chi connectivity index (χ1n) is 6.01. The quantitative estimate of drug-likeness (QED) is 0.886. The van der Waals surface area contributed by atoms with Crippen LogP contribution in [0.5, 0.6) is 0 Å². The SMILES string of the molecule is CNC1CCN(c2cccc(Cl)c2Cl)C(C)C1. The molecule has 0 aliphatic carbocycles. The molecule has 1 aliphatic rings. The van der Waals surface area contributed by atoms with Crippen molar-refractivity contribution in [3.8, 4) is 0 Å².